The Hall–Kier alpha value is -1.00. The fourth-order valence-electron chi connectivity index (χ4n) is 1.13. The Morgan fingerprint density at radius 3 is 2.22 bits per heavy atom. The smallest absolute Gasteiger partial charge is 0.193 e. The lowest BCUT2D eigenvalue weighted by Gasteiger charge is -2.03. The van der Waals surface area contributed by atoms with Crippen LogP contribution in [-0.2, 0) is 0 Å². The molecule has 4 heteroatoms. The van der Waals surface area contributed by atoms with Crippen LogP contribution in [0.3, 0.4) is 0 Å². The van der Waals surface area contributed by atoms with E-state index in [-0.39, 0.29) is 0 Å². The molecule has 0 N–H and O–H groups in total. The van der Waals surface area contributed by atoms with Crippen molar-refractivity contribution >= 4 is 34.4 Å². The molecule has 1 aromatic rings. The molecule has 0 radical (unpaired) electrons. The second kappa shape index (κ2) is 7.44. The minimum absolute atomic E-state index is 0.734. The Morgan fingerprint density at radius 2 is 1.72 bits per heavy atom. The van der Waals surface area contributed by atoms with E-state index in [1.807, 2.05) is 20.1 Å². The largest absolute Gasteiger partial charge is 0.232 e. The first kappa shape index (κ1) is 15.1. The summed E-state index contributed by atoms with van der Waals surface area (Å²) in [4.78, 5) is 9.99. The summed E-state index contributed by atoms with van der Waals surface area (Å²) in [5, 5.41) is 1.51. The summed E-state index contributed by atoms with van der Waals surface area (Å²) in [6, 6.07) is 8.34. The first-order valence-electron chi connectivity index (χ1n) is 5.59. The molecule has 2 nitrogen and oxygen atoms in total. The maximum atomic E-state index is 4.44. The summed E-state index contributed by atoms with van der Waals surface area (Å²) in [7, 11) is 0. The molecule has 0 atom stereocenters. The van der Waals surface area contributed by atoms with E-state index in [0.29, 0.717) is 0 Å². The van der Waals surface area contributed by atoms with Crippen LogP contribution in [0.2, 0.25) is 0 Å². The topological polar surface area (TPSA) is 24.7 Å². The average Bonchev–Trinajstić information content (AvgIpc) is 2.31. The number of hydrogen-bond acceptors (Lipinski definition) is 3. The van der Waals surface area contributed by atoms with Crippen LogP contribution in [0.4, 0.5) is 0 Å². The van der Waals surface area contributed by atoms with Crippen LogP contribution in [0, 0.1) is 6.92 Å². The van der Waals surface area contributed by atoms with Crippen molar-refractivity contribution in [3.63, 3.8) is 0 Å². The van der Waals surface area contributed by atoms with Crippen molar-refractivity contribution < 1.29 is 0 Å². The van der Waals surface area contributed by atoms with Crippen LogP contribution in [0.5, 0.6) is 0 Å². The van der Waals surface area contributed by atoms with Gasteiger partial charge < -0.3 is 0 Å². The lowest BCUT2D eigenvalue weighted by Crippen LogP contribution is -1.93. The van der Waals surface area contributed by atoms with E-state index in [4.69, 9.17) is 0 Å². The van der Waals surface area contributed by atoms with Gasteiger partial charge in [0.25, 0.3) is 0 Å². The summed E-state index contributed by atoms with van der Waals surface area (Å²) >= 11 is 3.09. The first-order valence-corrected chi connectivity index (χ1v) is 7.63. The molecule has 0 saturated heterocycles. The fourth-order valence-corrected chi connectivity index (χ4v) is 2.23. The quantitative estimate of drug-likeness (QED) is 0.452. The molecule has 0 unspecified atom stereocenters. The van der Waals surface area contributed by atoms with Crippen LogP contribution in [-0.4, -0.2) is 17.1 Å². The monoisotopic (exact) mass is 278 g/mol. The van der Waals surface area contributed by atoms with E-state index in [2.05, 4.69) is 47.8 Å². The van der Waals surface area contributed by atoms with E-state index in [9.17, 15) is 0 Å². The van der Waals surface area contributed by atoms with Gasteiger partial charge in [-0.25, -0.2) is 9.98 Å². The third-order valence-electron chi connectivity index (χ3n) is 2.01. The number of thioether (sulfide) groups is 2. The predicted octanol–water partition coefficient (Wildman–Crippen LogP) is 4.76. The van der Waals surface area contributed by atoms with Gasteiger partial charge in [-0.05, 0) is 50.9 Å². The molecular formula is C14H18N2S2. The standard InChI is InChI=1S/C14H18N2S2/c1-10(2)15-14(16-12(4)17-5)18-13-8-6-11(3)7-9-13/h6-9H,4H2,1-3,5H3/b16-14+. The van der Waals surface area contributed by atoms with Gasteiger partial charge in [0.05, 0.1) is 5.03 Å². The van der Waals surface area contributed by atoms with Gasteiger partial charge in [-0.15, -0.1) is 11.8 Å². The Kier molecular flexibility index (Phi) is 6.22. The molecule has 0 heterocycles. The maximum absolute atomic E-state index is 4.44. The highest BCUT2D eigenvalue weighted by molar-refractivity contribution is 8.14. The normalized spacial score (nSPS) is 11.2. The first-order chi connectivity index (χ1) is 8.51. The third kappa shape index (κ3) is 5.56. The van der Waals surface area contributed by atoms with Crippen molar-refractivity contribution in [2.75, 3.05) is 6.26 Å². The van der Waals surface area contributed by atoms with Crippen molar-refractivity contribution in [1.82, 2.24) is 0 Å². The van der Waals surface area contributed by atoms with Crippen molar-refractivity contribution in [3.8, 4) is 0 Å². The minimum Gasteiger partial charge on any atom is -0.232 e. The number of hydrogen-bond donors (Lipinski definition) is 0. The molecule has 0 spiro atoms. The molecule has 1 aromatic carbocycles. The minimum atomic E-state index is 0.734. The van der Waals surface area contributed by atoms with E-state index >= 15 is 0 Å². The zero-order valence-corrected chi connectivity index (χ0v) is 12.9. The zero-order valence-electron chi connectivity index (χ0n) is 11.2. The number of benzene rings is 1. The van der Waals surface area contributed by atoms with Gasteiger partial charge in [-0.1, -0.05) is 24.3 Å². The molecule has 0 bridgehead atoms. The molecule has 0 saturated carbocycles. The summed E-state index contributed by atoms with van der Waals surface area (Å²) < 4.78 is 0. The van der Waals surface area contributed by atoms with Gasteiger partial charge in [0.15, 0.2) is 5.17 Å². The molecule has 1 rings (SSSR count). The molecule has 0 aliphatic carbocycles. The Labute approximate surface area is 118 Å². The van der Waals surface area contributed by atoms with Crippen molar-refractivity contribution in [3.05, 3.63) is 41.4 Å². The van der Waals surface area contributed by atoms with Crippen molar-refractivity contribution in [2.24, 2.45) is 9.98 Å². The van der Waals surface area contributed by atoms with Gasteiger partial charge in [-0.3, -0.25) is 0 Å². The van der Waals surface area contributed by atoms with E-state index in [1.54, 1.807) is 11.8 Å². The average molecular weight is 278 g/mol. The molecule has 0 aromatic heterocycles. The second-order valence-corrected chi connectivity index (χ2v) is 5.89. The number of aliphatic imine (C=N–C) groups is 2. The molecule has 18 heavy (non-hydrogen) atoms. The van der Waals surface area contributed by atoms with Crippen LogP contribution in [0.15, 0.2) is 50.8 Å². The third-order valence-corrected chi connectivity index (χ3v) is 3.44. The lowest BCUT2D eigenvalue weighted by atomic mass is 10.2. The summed E-state index contributed by atoms with van der Waals surface area (Å²) in [5.41, 5.74) is 2.24. The van der Waals surface area contributed by atoms with Gasteiger partial charge >= 0.3 is 0 Å². The Balaban J connectivity index is 2.92. The molecule has 0 fully saturated rings. The fraction of sp³-hybridized carbons (Fsp3) is 0.286. The predicted molar refractivity (Wildman–Crippen MR) is 85.9 cm³/mol. The summed E-state index contributed by atoms with van der Waals surface area (Å²) in [5.74, 6) is 0. The molecule has 0 amide bonds. The highest BCUT2D eigenvalue weighted by atomic mass is 32.2. The number of nitrogens with zero attached hydrogens (tertiary/aromatic N) is 2. The van der Waals surface area contributed by atoms with E-state index in [0.717, 1.165) is 20.8 Å². The van der Waals surface area contributed by atoms with Crippen LogP contribution < -0.4 is 0 Å². The maximum Gasteiger partial charge on any atom is 0.193 e. The van der Waals surface area contributed by atoms with E-state index < -0.39 is 0 Å². The summed E-state index contributed by atoms with van der Waals surface area (Å²) in [6.07, 6.45) is 1.96. The Bertz CT molecular complexity index is 469. The van der Waals surface area contributed by atoms with Gasteiger partial charge in [0.2, 0.25) is 0 Å². The highest BCUT2D eigenvalue weighted by Crippen LogP contribution is 2.23. The van der Waals surface area contributed by atoms with E-state index in [1.165, 1.54) is 17.3 Å². The molecule has 96 valence electrons. The number of amidine groups is 1. The van der Waals surface area contributed by atoms with Crippen LogP contribution in [0.1, 0.15) is 19.4 Å². The van der Waals surface area contributed by atoms with Gasteiger partial charge in [-0.2, -0.15) is 0 Å². The number of rotatable bonds is 3. The zero-order chi connectivity index (χ0) is 13.5. The second-order valence-electron chi connectivity index (χ2n) is 3.97. The molecule has 0 aliphatic rings. The highest BCUT2D eigenvalue weighted by Gasteiger charge is 2.02. The van der Waals surface area contributed by atoms with Crippen molar-refractivity contribution in [1.29, 1.82) is 0 Å². The Morgan fingerprint density at radius 1 is 1.11 bits per heavy atom. The molecular weight excluding hydrogens is 260 g/mol. The van der Waals surface area contributed by atoms with Gasteiger partial charge in [0, 0.05) is 10.6 Å². The van der Waals surface area contributed by atoms with Crippen LogP contribution >= 0.6 is 23.5 Å². The summed E-state index contributed by atoms with van der Waals surface area (Å²) in [6.45, 7) is 9.88. The SMILES string of the molecule is C=C(/N=C(\N=C(C)C)Sc1ccc(C)cc1)SC. The van der Waals surface area contributed by atoms with Crippen molar-refractivity contribution in [2.45, 2.75) is 25.7 Å². The van der Waals surface area contributed by atoms with Gasteiger partial charge in [0.1, 0.15) is 0 Å². The molecule has 0 aliphatic heterocycles. The number of aryl methyl sites for hydroxylation is 1. The van der Waals surface area contributed by atoms with Crippen LogP contribution in [0.25, 0.3) is 0 Å². The lowest BCUT2D eigenvalue weighted by molar-refractivity contribution is 1.38.